The number of halogens is 1. The van der Waals surface area contributed by atoms with Crippen molar-refractivity contribution in [3.63, 3.8) is 0 Å². The van der Waals surface area contributed by atoms with Crippen LogP contribution in [0.1, 0.15) is 6.92 Å². The molecule has 1 aromatic carbocycles. The van der Waals surface area contributed by atoms with Gasteiger partial charge in [-0.3, -0.25) is 4.79 Å². The van der Waals surface area contributed by atoms with Crippen LogP contribution in [-0.2, 0) is 9.53 Å². The number of anilines is 1. The molecular formula is C12H15BrN2O4. The van der Waals surface area contributed by atoms with Gasteiger partial charge in [-0.05, 0) is 25.1 Å². The SMILES string of the molecule is CCOC(=O)CNC(=O)Nc1cc(Br)ccc1OC. The van der Waals surface area contributed by atoms with E-state index in [0.29, 0.717) is 11.4 Å². The van der Waals surface area contributed by atoms with Crippen LogP contribution in [-0.4, -0.2) is 32.3 Å². The molecular weight excluding hydrogens is 316 g/mol. The van der Waals surface area contributed by atoms with Gasteiger partial charge in [0.2, 0.25) is 0 Å². The first-order valence-corrected chi connectivity index (χ1v) is 6.40. The molecule has 0 bridgehead atoms. The summed E-state index contributed by atoms with van der Waals surface area (Å²) < 4.78 is 10.6. The van der Waals surface area contributed by atoms with E-state index < -0.39 is 12.0 Å². The third-order valence-electron chi connectivity index (χ3n) is 2.11. The summed E-state index contributed by atoms with van der Waals surface area (Å²) in [6.45, 7) is 1.79. The van der Waals surface area contributed by atoms with Crippen molar-refractivity contribution in [1.29, 1.82) is 0 Å². The van der Waals surface area contributed by atoms with E-state index >= 15 is 0 Å². The van der Waals surface area contributed by atoms with E-state index in [1.807, 2.05) is 0 Å². The summed E-state index contributed by atoms with van der Waals surface area (Å²) in [7, 11) is 1.50. The second-order valence-corrected chi connectivity index (χ2v) is 4.37. The standard InChI is InChI=1S/C12H15BrN2O4/c1-3-19-11(16)7-14-12(17)15-9-6-8(13)4-5-10(9)18-2/h4-6H,3,7H2,1-2H3,(H2,14,15,17). The first kappa shape index (κ1) is 15.3. The lowest BCUT2D eigenvalue weighted by atomic mass is 10.3. The molecule has 19 heavy (non-hydrogen) atoms. The highest BCUT2D eigenvalue weighted by atomic mass is 79.9. The molecule has 2 amide bonds. The van der Waals surface area contributed by atoms with Crippen molar-refractivity contribution in [3.8, 4) is 5.75 Å². The van der Waals surface area contributed by atoms with Crippen LogP contribution in [0.4, 0.5) is 10.5 Å². The molecule has 2 N–H and O–H groups in total. The number of urea groups is 1. The summed E-state index contributed by atoms with van der Waals surface area (Å²) in [5.41, 5.74) is 0.498. The van der Waals surface area contributed by atoms with Crippen LogP contribution in [0.15, 0.2) is 22.7 Å². The minimum Gasteiger partial charge on any atom is -0.495 e. The molecule has 0 spiro atoms. The first-order valence-electron chi connectivity index (χ1n) is 5.60. The third kappa shape index (κ3) is 5.17. The van der Waals surface area contributed by atoms with Crippen molar-refractivity contribution in [3.05, 3.63) is 22.7 Å². The van der Waals surface area contributed by atoms with E-state index in [4.69, 9.17) is 9.47 Å². The smallest absolute Gasteiger partial charge is 0.325 e. The van der Waals surface area contributed by atoms with E-state index in [1.165, 1.54) is 7.11 Å². The second kappa shape index (κ2) is 7.63. The average Bonchev–Trinajstić information content (AvgIpc) is 2.37. The Balaban J connectivity index is 2.57. The summed E-state index contributed by atoms with van der Waals surface area (Å²) in [5, 5.41) is 4.98. The van der Waals surface area contributed by atoms with E-state index in [1.54, 1.807) is 25.1 Å². The van der Waals surface area contributed by atoms with Crippen LogP contribution >= 0.6 is 15.9 Å². The van der Waals surface area contributed by atoms with Crippen LogP contribution in [0.25, 0.3) is 0 Å². The Morgan fingerprint density at radius 1 is 1.37 bits per heavy atom. The lowest BCUT2D eigenvalue weighted by Gasteiger charge is -2.11. The van der Waals surface area contributed by atoms with Crippen LogP contribution in [0, 0.1) is 0 Å². The minimum absolute atomic E-state index is 0.185. The number of hydrogen-bond acceptors (Lipinski definition) is 4. The summed E-state index contributed by atoms with van der Waals surface area (Å²) in [5.74, 6) is 0.0355. The average molecular weight is 331 g/mol. The van der Waals surface area contributed by atoms with Gasteiger partial charge in [0.25, 0.3) is 0 Å². The highest BCUT2D eigenvalue weighted by Crippen LogP contribution is 2.27. The fraction of sp³-hybridized carbons (Fsp3) is 0.333. The largest absolute Gasteiger partial charge is 0.495 e. The number of rotatable bonds is 5. The molecule has 0 saturated carbocycles. The lowest BCUT2D eigenvalue weighted by Crippen LogP contribution is -2.34. The number of methoxy groups -OCH3 is 1. The Kier molecular flexibility index (Phi) is 6.14. The molecule has 1 aromatic rings. The highest BCUT2D eigenvalue weighted by molar-refractivity contribution is 9.10. The maximum atomic E-state index is 11.6. The Morgan fingerprint density at radius 2 is 2.11 bits per heavy atom. The molecule has 0 saturated heterocycles. The van der Waals surface area contributed by atoms with Gasteiger partial charge in [0, 0.05) is 4.47 Å². The van der Waals surface area contributed by atoms with E-state index in [0.717, 1.165) is 4.47 Å². The van der Waals surface area contributed by atoms with E-state index in [9.17, 15) is 9.59 Å². The molecule has 1 rings (SSSR count). The summed E-state index contributed by atoms with van der Waals surface area (Å²) in [6, 6.07) is 4.69. The lowest BCUT2D eigenvalue weighted by molar-refractivity contribution is -0.141. The quantitative estimate of drug-likeness (QED) is 0.811. The predicted octanol–water partition coefficient (Wildman–Crippen LogP) is 2.14. The van der Waals surface area contributed by atoms with Gasteiger partial charge in [0.05, 0.1) is 19.4 Å². The molecule has 7 heteroatoms. The molecule has 0 fully saturated rings. The van der Waals surface area contributed by atoms with Gasteiger partial charge in [-0.2, -0.15) is 0 Å². The van der Waals surface area contributed by atoms with Crippen LogP contribution in [0.3, 0.4) is 0 Å². The molecule has 0 aliphatic heterocycles. The number of carbonyl (C=O) groups is 2. The molecule has 0 heterocycles. The number of nitrogens with one attached hydrogen (secondary N) is 2. The Morgan fingerprint density at radius 3 is 2.74 bits per heavy atom. The van der Waals surface area contributed by atoms with E-state index in [-0.39, 0.29) is 13.2 Å². The van der Waals surface area contributed by atoms with Crippen molar-refractivity contribution >= 4 is 33.6 Å². The summed E-state index contributed by atoms with van der Waals surface area (Å²) in [4.78, 5) is 22.7. The molecule has 0 radical (unpaired) electrons. The fourth-order valence-corrected chi connectivity index (χ4v) is 1.67. The van der Waals surface area contributed by atoms with Crippen molar-refractivity contribution in [2.24, 2.45) is 0 Å². The first-order chi connectivity index (χ1) is 9.06. The number of benzene rings is 1. The molecule has 0 unspecified atom stereocenters. The summed E-state index contributed by atoms with van der Waals surface area (Å²) in [6.07, 6.45) is 0. The molecule has 0 aromatic heterocycles. The highest BCUT2D eigenvalue weighted by Gasteiger charge is 2.09. The monoisotopic (exact) mass is 330 g/mol. The maximum absolute atomic E-state index is 11.6. The Bertz CT molecular complexity index is 465. The predicted molar refractivity (Wildman–Crippen MR) is 74.3 cm³/mol. The Hall–Kier alpha value is -1.76. The van der Waals surface area contributed by atoms with Crippen molar-refractivity contribution in [2.45, 2.75) is 6.92 Å². The Labute approximate surface area is 119 Å². The maximum Gasteiger partial charge on any atom is 0.325 e. The van der Waals surface area contributed by atoms with Crippen LogP contribution < -0.4 is 15.4 Å². The number of carbonyl (C=O) groups excluding carboxylic acids is 2. The molecule has 6 nitrogen and oxygen atoms in total. The van der Waals surface area contributed by atoms with E-state index in [2.05, 4.69) is 26.6 Å². The fourth-order valence-electron chi connectivity index (χ4n) is 1.31. The zero-order valence-electron chi connectivity index (χ0n) is 10.7. The number of amides is 2. The normalized spacial score (nSPS) is 9.63. The number of esters is 1. The minimum atomic E-state index is -0.510. The van der Waals surface area contributed by atoms with Gasteiger partial charge in [-0.15, -0.1) is 0 Å². The van der Waals surface area contributed by atoms with Crippen LogP contribution in [0.2, 0.25) is 0 Å². The van der Waals surface area contributed by atoms with Crippen molar-refractivity contribution in [1.82, 2.24) is 5.32 Å². The second-order valence-electron chi connectivity index (χ2n) is 3.46. The zero-order chi connectivity index (χ0) is 14.3. The summed E-state index contributed by atoms with van der Waals surface area (Å²) >= 11 is 3.30. The van der Waals surface area contributed by atoms with Gasteiger partial charge in [0.1, 0.15) is 12.3 Å². The van der Waals surface area contributed by atoms with Gasteiger partial charge in [-0.25, -0.2) is 4.79 Å². The zero-order valence-corrected chi connectivity index (χ0v) is 12.2. The molecule has 0 aliphatic carbocycles. The molecule has 0 aliphatic rings. The topological polar surface area (TPSA) is 76.7 Å². The number of hydrogen-bond donors (Lipinski definition) is 2. The van der Waals surface area contributed by atoms with Gasteiger partial charge in [-0.1, -0.05) is 15.9 Å². The third-order valence-corrected chi connectivity index (χ3v) is 2.60. The molecule has 0 atom stereocenters. The van der Waals surface area contributed by atoms with Crippen LogP contribution in [0.5, 0.6) is 5.75 Å². The van der Waals surface area contributed by atoms with Gasteiger partial charge >= 0.3 is 12.0 Å². The van der Waals surface area contributed by atoms with Crippen molar-refractivity contribution < 1.29 is 19.1 Å². The molecule has 104 valence electrons. The van der Waals surface area contributed by atoms with Crippen molar-refractivity contribution in [2.75, 3.05) is 25.6 Å². The number of ether oxygens (including phenoxy) is 2. The van der Waals surface area contributed by atoms with Gasteiger partial charge in [0.15, 0.2) is 0 Å². The van der Waals surface area contributed by atoms with Gasteiger partial charge < -0.3 is 20.1 Å².